The van der Waals surface area contributed by atoms with Gasteiger partial charge in [-0.1, -0.05) is 23.8 Å². The van der Waals surface area contributed by atoms with Crippen LogP contribution in [0, 0.1) is 20.8 Å². The van der Waals surface area contributed by atoms with E-state index in [0.717, 1.165) is 16.8 Å². The first-order chi connectivity index (χ1) is 8.56. The molecule has 18 heavy (non-hydrogen) atoms. The van der Waals surface area contributed by atoms with E-state index in [2.05, 4.69) is 71.3 Å². The molecule has 0 fully saturated rings. The molecule has 0 bridgehead atoms. The monoisotopic (exact) mass is 304 g/mol. The van der Waals surface area contributed by atoms with Crippen LogP contribution in [0.15, 0.2) is 34.9 Å². The Kier molecular flexibility index (Phi) is 4.02. The number of pyridine rings is 1. The number of anilines is 1. The third kappa shape index (κ3) is 3.10. The van der Waals surface area contributed by atoms with Crippen LogP contribution in [0.3, 0.4) is 0 Å². The summed E-state index contributed by atoms with van der Waals surface area (Å²) >= 11 is 3.46. The van der Waals surface area contributed by atoms with Crippen molar-refractivity contribution < 1.29 is 0 Å². The summed E-state index contributed by atoms with van der Waals surface area (Å²) in [6.07, 6.45) is 1.83. The Morgan fingerprint density at radius 1 is 1.11 bits per heavy atom. The average molecular weight is 305 g/mol. The van der Waals surface area contributed by atoms with Gasteiger partial charge in [-0.3, -0.25) is 0 Å². The molecule has 2 nitrogen and oxygen atoms in total. The van der Waals surface area contributed by atoms with Gasteiger partial charge in [-0.25, -0.2) is 4.98 Å². The van der Waals surface area contributed by atoms with E-state index >= 15 is 0 Å². The van der Waals surface area contributed by atoms with Crippen LogP contribution in [0.4, 0.5) is 5.82 Å². The molecule has 0 aliphatic heterocycles. The average Bonchev–Trinajstić information content (AvgIpc) is 2.34. The molecule has 3 heteroatoms. The molecule has 2 rings (SSSR count). The second kappa shape index (κ2) is 5.53. The highest BCUT2D eigenvalue weighted by atomic mass is 79.9. The third-order valence-corrected chi connectivity index (χ3v) is 3.84. The molecule has 1 aromatic heterocycles. The summed E-state index contributed by atoms with van der Waals surface area (Å²) < 4.78 is 1.04. The van der Waals surface area contributed by atoms with Gasteiger partial charge in [-0.05, 0) is 59.5 Å². The van der Waals surface area contributed by atoms with Gasteiger partial charge in [0.1, 0.15) is 5.82 Å². The summed E-state index contributed by atoms with van der Waals surface area (Å²) in [6, 6.07) is 8.57. The summed E-state index contributed by atoms with van der Waals surface area (Å²) in [6.45, 7) is 7.12. The first-order valence-corrected chi connectivity index (χ1v) is 6.77. The minimum absolute atomic E-state index is 0.807. The Morgan fingerprint density at radius 2 is 1.89 bits per heavy atom. The smallest absolute Gasteiger partial charge is 0.126 e. The van der Waals surface area contributed by atoms with Crippen molar-refractivity contribution in [1.29, 1.82) is 0 Å². The number of rotatable bonds is 3. The van der Waals surface area contributed by atoms with Gasteiger partial charge in [0.15, 0.2) is 0 Å². The van der Waals surface area contributed by atoms with Crippen LogP contribution >= 0.6 is 15.9 Å². The molecule has 0 aliphatic carbocycles. The lowest BCUT2D eigenvalue weighted by Crippen LogP contribution is -2.03. The number of halogens is 1. The molecule has 0 amide bonds. The minimum atomic E-state index is 0.807. The number of benzene rings is 1. The molecule has 0 unspecified atom stereocenters. The maximum atomic E-state index is 4.35. The molecule has 0 saturated heterocycles. The van der Waals surface area contributed by atoms with E-state index < -0.39 is 0 Å². The van der Waals surface area contributed by atoms with Gasteiger partial charge in [0.25, 0.3) is 0 Å². The molecular formula is C15H17BrN2. The van der Waals surface area contributed by atoms with Crippen molar-refractivity contribution >= 4 is 21.7 Å². The highest BCUT2D eigenvalue weighted by Gasteiger charge is 2.01. The van der Waals surface area contributed by atoms with Gasteiger partial charge in [0.2, 0.25) is 0 Å². The Morgan fingerprint density at radius 3 is 2.61 bits per heavy atom. The fraction of sp³-hybridized carbons (Fsp3) is 0.267. The van der Waals surface area contributed by atoms with Crippen LogP contribution in [0.2, 0.25) is 0 Å². The van der Waals surface area contributed by atoms with Crippen molar-refractivity contribution in [3.8, 4) is 0 Å². The number of hydrogen-bond acceptors (Lipinski definition) is 2. The number of nitrogens with zero attached hydrogens (tertiary/aromatic N) is 1. The number of aryl methyl sites for hydroxylation is 3. The molecule has 1 heterocycles. The number of nitrogens with one attached hydrogen (secondary N) is 1. The van der Waals surface area contributed by atoms with Crippen LogP contribution < -0.4 is 5.32 Å². The Hall–Kier alpha value is -1.35. The van der Waals surface area contributed by atoms with Crippen LogP contribution in [-0.4, -0.2) is 4.98 Å². The van der Waals surface area contributed by atoms with E-state index in [-0.39, 0.29) is 0 Å². The second-order valence-electron chi connectivity index (χ2n) is 4.60. The second-order valence-corrected chi connectivity index (χ2v) is 5.46. The van der Waals surface area contributed by atoms with Gasteiger partial charge >= 0.3 is 0 Å². The van der Waals surface area contributed by atoms with Crippen molar-refractivity contribution in [1.82, 2.24) is 4.98 Å². The topological polar surface area (TPSA) is 24.9 Å². The van der Waals surface area contributed by atoms with Gasteiger partial charge in [0.05, 0.1) is 0 Å². The fourth-order valence-electron chi connectivity index (χ4n) is 1.81. The molecule has 0 saturated carbocycles. The third-order valence-electron chi connectivity index (χ3n) is 3.01. The van der Waals surface area contributed by atoms with Crippen molar-refractivity contribution in [2.45, 2.75) is 27.3 Å². The lowest BCUT2D eigenvalue weighted by Gasteiger charge is -2.10. The zero-order valence-corrected chi connectivity index (χ0v) is 12.5. The Bertz CT molecular complexity index is 564. The Labute approximate surface area is 117 Å². The largest absolute Gasteiger partial charge is 0.366 e. The quantitative estimate of drug-likeness (QED) is 0.910. The predicted molar refractivity (Wildman–Crippen MR) is 79.9 cm³/mol. The van der Waals surface area contributed by atoms with Crippen LogP contribution in [0.5, 0.6) is 0 Å². The van der Waals surface area contributed by atoms with Crippen molar-refractivity contribution in [3.05, 3.63) is 57.2 Å². The van der Waals surface area contributed by atoms with Gasteiger partial charge < -0.3 is 5.32 Å². The van der Waals surface area contributed by atoms with Crippen molar-refractivity contribution in [2.75, 3.05) is 5.32 Å². The van der Waals surface area contributed by atoms with Gasteiger partial charge in [0, 0.05) is 17.2 Å². The number of hydrogen-bond donors (Lipinski definition) is 1. The van der Waals surface area contributed by atoms with E-state index in [4.69, 9.17) is 0 Å². The fourth-order valence-corrected chi connectivity index (χ4v) is 2.03. The van der Waals surface area contributed by atoms with E-state index in [1.807, 2.05) is 6.20 Å². The maximum absolute atomic E-state index is 4.35. The first kappa shape index (κ1) is 13.1. The summed E-state index contributed by atoms with van der Waals surface area (Å²) in [5.41, 5.74) is 5.10. The van der Waals surface area contributed by atoms with Gasteiger partial charge in [-0.15, -0.1) is 0 Å². The Balaban J connectivity index is 2.11. The lowest BCUT2D eigenvalue weighted by molar-refractivity contribution is 1.08. The maximum Gasteiger partial charge on any atom is 0.126 e. The molecule has 0 aliphatic rings. The molecule has 0 radical (unpaired) electrons. The van der Waals surface area contributed by atoms with Crippen LogP contribution in [0.1, 0.15) is 22.3 Å². The first-order valence-electron chi connectivity index (χ1n) is 5.98. The predicted octanol–water partition coefficient (Wildman–Crippen LogP) is 4.38. The summed E-state index contributed by atoms with van der Waals surface area (Å²) in [5, 5.41) is 3.37. The molecule has 0 spiro atoms. The minimum Gasteiger partial charge on any atom is -0.366 e. The zero-order valence-electron chi connectivity index (χ0n) is 10.9. The molecule has 1 aromatic carbocycles. The molecular weight excluding hydrogens is 288 g/mol. The van der Waals surface area contributed by atoms with Crippen molar-refractivity contribution in [3.63, 3.8) is 0 Å². The molecule has 94 valence electrons. The van der Waals surface area contributed by atoms with E-state index in [9.17, 15) is 0 Å². The number of aromatic nitrogens is 1. The highest BCUT2D eigenvalue weighted by Crippen LogP contribution is 2.18. The van der Waals surface area contributed by atoms with Crippen LogP contribution in [0.25, 0.3) is 0 Å². The van der Waals surface area contributed by atoms with Gasteiger partial charge in [-0.2, -0.15) is 0 Å². The molecule has 0 atom stereocenters. The summed E-state index contributed by atoms with van der Waals surface area (Å²) in [5.74, 6) is 0.914. The van der Waals surface area contributed by atoms with E-state index in [0.29, 0.717) is 0 Å². The summed E-state index contributed by atoms with van der Waals surface area (Å²) in [4.78, 5) is 4.35. The zero-order chi connectivity index (χ0) is 13.1. The van der Waals surface area contributed by atoms with E-state index in [1.165, 1.54) is 22.3 Å². The van der Waals surface area contributed by atoms with Crippen LogP contribution in [-0.2, 0) is 6.54 Å². The molecule has 2 aromatic rings. The highest BCUT2D eigenvalue weighted by molar-refractivity contribution is 9.10. The standard InChI is InChI=1S/C15H17BrN2/c1-10-4-5-11(2)13(6-10)8-17-15-7-12(3)14(16)9-18-15/h4-7,9H,8H2,1-3H3,(H,17,18). The van der Waals surface area contributed by atoms with E-state index in [1.54, 1.807) is 0 Å². The SMILES string of the molecule is Cc1ccc(C)c(CNc2cc(C)c(Br)cn2)c1. The molecule has 1 N–H and O–H groups in total. The van der Waals surface area contributed by atoms with Crippen molar-refractivity contribution in [2.24, 2.45) is 0 Å². The lowest BCUT2D eigenvalue weighted by atomic mass is 10.1. The normalized spacial score (nSPS) is 10.4. The summed E-state index contributed by atoms with van der Waals surface area (Å²) in [7, 11) is 0.